The molecule has 0 unspecified atom stereocenters. The number of nitrogens with zero attached hydrogens (tertiary/aromatic N) is 7. The summed E-state index contributed by atoms with van der Waals surface area (Å²) in [5.41, 5.74) is 7.36. The van der Waals surface area contributed by atoms with Crippen LogP contribution in [0.5, 0.6) is 0 Å². The summed E-state index contributed by atoms with van der Waals surface area (Å²) < 4.78 is 32.4. The van der Waals surface area contributed by atoms with Crippen LogP contribution in [0.25, 0.3) is 38.9 Å². The number of hydrogen-bond acceptors (Lipinski definition) is 5. The molecule has 2 aromatic carbocycles. The van der Waals surface area contributed by atoms with E-state index >= 15 is 0 Å². The molecule has 0 amide bonds. The average molecular weight is 542 g/mol. The van der Waals surface area contributed by atoms with Gasteiger partial charge in [-0.2, -0.15) is 15.3 Å². The number of halogens is 2. The van der Waals surface area contributed by atoms with Crippen molar-refractivity contribution in [2.75, 3.05) is 0 Å². The highest BCUT2D eigenvalue weighted by atomic mass is 19.2. The van der Waals surface area contributed by atoms with E-state index in [0.717, 1.165) is 62.3 Å². The zero-order chi connectivity index (χ0) is 28.3. The van der Waals surface area contributed by atoms with Crippen LogP contribution in [-0.4, -0.2) is 39.4 Å². The van der Waals surface area contributed by atoms with Gasteiger partial charge in [0.05, 0.1) is 35.2 Å². The Balaban J connectivity index is 1.44. The molecule has 6 aromatic rings. The van der Waals surface area contributed by atoms with E-state index in [-0.39, 0.29) is 18.0 Å². The fourth-order valence-electron chi connectivity index (χ4n) is 5.40. The monoisotopic (exact) mass is 541 g/mol. The highest BCUT2D eigenvalue weighted by Gasteiger charge is 2.23. The van der Waals surface area contributed by atoms with Crippen LogP contribution in [0.4, 0.5) is 8.78 Å². The predicted octanol–water partition coefficient (Wildman–Crippen LogP) is 5.92. The third kappa shape index (κ3) is 4.34. The molecule has 0 aliphatic rings. The predicted molar refractivity (Wildman–Crippen MR) is 149 cm³/mol. The normalized spacial score (nSPS) is 12.7. The number of aliphatic hydroxyl groups excluding tert-OH is 1. The minimum absolute atomic E-state index is 0.0830. The molecule has 0 spiro atoms. The summed E-state index contributed by atoms with van der Waals surface area (Å²) in [6.45, 7) is 8.41. The lowest BCUT2D eigenvalue weighted by Crippen LogP contribution is -2.09. The topological polar surface area (TPSA) is 86.6 Å². The summed E-state index contributed by atoms with van der Waals surface area (Å²) in [6.07, 6.45) is 2.75. The van der Waals surface area contributed by atoms with Crippen LogP contribution in [0.1, 0.15) is 48.4 Å². The first-order valence-electron chi connectivity index (χ1n) is 13.1. The minimum atomic E-state index is -1.06. The van der Waals surface area contributed by atoms with Gasteiger partial charge < -0.3 is 5.11 Å². The van der Waals surface area contributed by atoms with E-state index in [2.05, 4.69) is 37.0 Å². The first-order chi connectivity index (χ1) is 19.1. The minimum Gasteiger partial charge on any atom is -0.386 e. The summed E-state index contributed by atoms with van der Waals surface area (Å²) in [5.74, 6) is -1.75. The van der Waals surface area contributed by atoms with E-state index in [9.17, 15) is 13.9 Å². The Labute approximate surface area is 229 Å². The molecule has 0 radical (unpaired) electrons. The van der Waals surface area contributed by atoms with Crippen LogP contribution in [-0.2, 0) is 13.6 Å². The summed E-state index contributed by atoms with van der Waals surface area (Å²) in [6, 6.07) is 11.3. The van der Waals surface area contributed by atoms with Crippen LogP contribution in [0.3, 0.4) is 0 Å². The van der Waals surface area contributed by atoms with Crippen molar-refractivity contribution in [3.8, 4) is 16.9 Å². The highest BCUT2D eigenvalue weighted by molar-refractivity contribution is 5.94. The first kappa shape index (κ1) is 25.8. The van der Waals surface area contributed by atoms with Crippen molar-refractivity contribution >= 4 is 21.9 Å². The molecule has 4 aromatic heterocycles. The summed E-state index contributed by atoms with van der Waals surface area (Å²) in [7, 11) is 1.88. The number of rotatable bonds is 6. The van der Waals surface area contributed by atoms with Crippen LogP contribution in [0, 0.1) is 25.5 Å². The van der Waals surface area contributed by atoms with Gasteiger partial charge in [0.25, 0.3) is 0 Å². The van der Waals surface area contributed by atoms with Crippen LogP contribution >= 0.6 is 0 Å². The SMILES string of the molecule is Cc1nc2nn(C)cc2cc1-n1nc(-c2cccc3nn(C[C@H](O)c4ccc(F)c(F)c4)cc23)c(C(C)C)c1C. The lowest BCUT2D eigenvalue weighted by atomic mass is 9.95. The van der Waals surface area contributed by atoms with Crippen molar-refractivity contribution in [1.82, 2.24) is 34.3 Å². The molecule has 0 bridgehead atoms. The molecular formula is C30H29F2N7O. The molecule has 8 nitrogen and oxygen atoms in total. The van der Waals surface area contributed by atoms with Crippen LogP contribution < -0.4 is 0 Å². The Bertz CT molecular complexity index is 1900. The summed E-state index contributed by atoms with van der Waals surface area (Å²) in [4.78, 5) is 4.71. The molecule has 1 atom stereocenters. The van der Waals surface area contributed by atoms with E-state index in [4.69, 9.17) is 10.1 Å². The summed E-state index contributed by atoms with van der Waals surface area (Å²) >= 11 is 0. The Hall–Kier alpha value is -4.44. The van der Waals surface area contributed by atoms with E-state index in [0.29, 0.717) is 5.65 Å². The molecule has 204 valence electrons. The molecule has 0 saturated carbocycles. The van der Waals surface area contributed by atoms with Crippen molar-refractivity contribution < 1.29 is 13.9 Å². The second-order valence-corrected chi connectivity index (χ2v) is 10.5. The Morgan fingerprint density at radius 1 is 0.950 bits per heavy atom. The number of hydrogen-bond donors (Lipinski definition) is 1. The highest BCUT2D eigenvalue weighted by Crippen LogP contribution is 2.37. The standard InChI is InChI=1S/C30H29F2N7O/c1-16(2)28-18(4)39(26-12-20-13-37(5)36-30(20)33-17(26)3)35-29(28)21-7-6-8-25-22(21)14-38(34-25)15-27(40)19-9-10-23(31)24(32)11-19/h6-14,16,27,40H,15H2,1-5H3/t27-/m0/s1. The maximum absolute atomic E-state index is 13.7. The molecule has 10 heteroatoms. The van der Waals surface area contributed by atoms with Crippen molar-refractivity contribution in [2.45, 2.75) is 46.3 Å². The third-order valence-corrected chi connectivity index (χ3v) is 7.28. The van der Waals surface area contributed by atoms with Crippen molar-refractivity contribution in [1.29, 1.82) is 0 Å². The average Bonchev–Trinajstić information content (AvgIpc) is 3.58. The van der Waals surface area contributed by atoms with Gasteiger partial charge in [0.15, 0.2) is 17.3 Å². The number of aliphatic hydroxyl groups is 1. The molecular weight excluding hydrogens is 512 g/mol. The number of aromatic nitrogens is 7. The van der Waals surface area contributed by atoms with E-state index in [1.807, 2.05) is 49.2 Å². The quantitative estimate of drug-likeness (QED) is 0.283. The number of benzene rings is 2. The van der Waals surface area contributed by atoms with Crippen LogP contribution in [0.15, 0.2) is 54.9 Å². The second kappa shape index (κ2) is 9.63. The summed E-state index contributed by atoms with van der Waals surface area (Å²) in [5, 5.41) is 26.7. The van der Waals surface area contributed by atoms with Gasteiger partial charge >= 0.3 is 0 Å². The molecule has 40 heavy (non-hydrogen) atoms. The Morgan fingerprint density at radius 3 is 2.50 bits per heavy atom. The molecule has 0 aliphatic carbocycles. The molecule has 6 rings (SSSR count). The fraction of sp³-hybridized carbons (Fsp3) is 0.267. The molecule has 0 fully saturated rings. The Kier molecular flexibility index (Phi) is 6.22. The van der Waals surface area contributed by atoms with Gasteiger partial charge in [0.1, 0.15) is 0 Å². The number of aryl methyl sites for hydroxylation is 2. The number of pyridine rings is 1. The van der Waals surface area contributed by atoms with Gasteiger partial charge in [-0.3, -0.25) is 9.36 Å². The Morgan fingerprint density at radius 2 is 1.75 bits per heavy atom. The molecule has 0 saturated heterocycles. The first-order valence-corrected chi connectivity index (χ1v) is 13.1. The molecule has 4 heterocycles. The van der Waals surface area contributed by atoms with Crippen LogP contribution in [0.2, 0.25) is 0 Å². The lowest BCUT2D eigenvalue weighted by molar-refractivity contribution is 0.151. The van der Waals surface area contributed by atoms with E-state index in [1.54, 1.807) is 9.36 Å². The number of fused-ring (bicyclic) bond motifs is 2. The smallest absolute Gasteiger partial charge is 0.181 e. The molecule has 1 N–H and O–H groups in total. The van der Waals surface area contributed by atoms with Crippen molar-refractivity contribution in [3.05, 3.63) is 89.0 Å². The van der Waals surface area contributed by atoms with Gasteiger partial charge in [-0.25, -0.2) is 18.4 Å². The van der Waals surface area contributed by atoms with Gasteiger partial charge in [0.2, 0.25) is 0 Å². The second-order valence-electron chi connectivity index (χ2n) is 10.5. The van der Waals surface area contributed by atoms with Crippen molar-refractivity contribution in [3.63, 3.8) is 0 Å². The van der Waals surface area contributed by atoms with Gasteiger partial charge in [-0.05, 0) is 49.6 Å². The lowest BCUT2D eigenvalue weighted by Gasteiger charge is -2.11. The largest absolute Gasteiger partial charge is 0.386 e. The zero-order valence-electron chi connectivity index (χ0n) is 22.9. The van der Waals surface area contributed by atoms with E-state index in [1.165, 1.54) is 6.07 Å². The third-order valence-electron chi connectivity index (χ3n) is 7.28. The maximum atomic E-state index is 13.7. The zero-order valence-corrected chi connectivity index (χ0v) is 22.9. The van der Waals surface area contributed by atoms with Crippen molar-refractivity contribution in [2.24, 2.45) is 7.05 Å². The fourth-order valence-corrected chi connectivity index (χ4v) is 5.40. The van der Waals surface area contributed by atoms with Gasteiger partial charge in [0, 0.05) is 47.0 Å². The molecule has 0 aliphatic heterocycles. The van der Waals surface area contributed by atoms with Gasteiger partial charge in [-0.15, -0.1) is 0 Å². The maximum Gasteiger partial charge on any atom is 0.181 e. The van der Waals surface area contributed by atoms with E-state index < -0.39 is 17.7 Å². The van der Waals surface area contributed by atoms with Gasteiger partial charge in [-0.1, -0.05) is 32.0 Å².